The first-order valence-corrected chi connectivity index (χ1v) is 15.7. The van der Waals surface area contributed by atoms with Crippen molar-refractivity contribution in [1.82, 2.24) is 0 Å². The normalized spacial score (nSPS) is 49.4. The summed E-state index contributed by atoms with van der Waals surface area (Å²) in [6.45, 7) is 15.6. The maximum absolute atomic E-state index is 11.2. The van der Waals surface area contributed by atoms with E-state index in [1.165, 1.54) is 31.3 Å². The second-order valence-corrected chi connectivity index (χ2v) is 13.9. The molecular formula is C32H52O7. The van der Waals surface area contributed by atoms with Crippen molar-refractivity contribution in [3.63, 3.8) is 0 Å². The van der Waals surface area contributed by atoms with Gasteiger partial charge in [0.05, 0.1) is 5.92 Å². The van der Waals surface area contributed by atoms with Crippen LogP contribution in [-0.4, -0.2) is 41.7 Å². The van der Waals surface area contributed by atoms with Crippen molar-refractivity contribution in [3.05, 3.63) is 11.6 Å². The van der Waals surface area contributed by atoms with Crippen LogP contribution in [0.5, 0.6) is 0 Å². The molecule has 7 aliphatic rings. The molecule has 1 spiro atoms. The number of rotatable bonds is 4. The molecule has 6 fully saturated rings. The van der Waals surface area contributed by atoms with E-state index in [1.807, 2.05) is 20.8 Å². The third-order valence-electron chi connectivity index (χ3n) is 11.5. The molecule has 39 heavy (non-hydrogen) atoms. The quantitative estimate of drug-likeness (QED) is 0.300. The number of aliphatic carboxylic acids is 1. The van der Waals surface area contributed by atoms with Crippen LogP contribution in [0.3, 0.4) is 0 Å². The summed E-state index contributed by atoms with van der Waals surface area (Å²) >= 11 is 0. The van der Waals surface area contributed by atoms with Crippen LogP contribution in [0.2, 0.25) is 0 Å². The highest BCUT2D eigenvalue weighted by Gasteiger charge is 2.69. The summed E-state index contributed by atoms with van der Waals surface area (Å²) in [6, 6.07) is 0. The third-order valence-corrected chi connectivity index (χ3v) is 11.5. The highest BCUT2D eigenvalue weighted by molar-refractivity contribution is 5.70. The molecule has 7 nitrogen and oxygen atoms in total. The zero-order valence-electron chi connectivity index (χ0n) is 25.2. The Morgan fingerprint density at radius 1 is 1.08 bits per heavy atom. The molecule has 13 atom stereocenters. The van der Waals surface area contributed by atoms with Gasteiger partial charge in [-0.1, -0.05) is 45.8 Å². The Bertz CT molecular complexity index is 920. The molecule has 4 unspecified atom stereocenters. The van der Waals surface area contributed by atoms with E-state index >= 15 is 0 Å². The molecule has 0 aromatic carbocycles. The standard InChI is InChI=1S/C17H28O5.C15H24O2/c1-5-18-14-11(3)13-7-6-10(2)12-8-9-16(4)20-15(19-14)17(12,13)22-21-16;1-9-4-6-12-10(2)5-7-13(14(12)8-9)11(3)15(16)17/h10-15H,5-9H2,1-4H3;8,10-14H,4-7H2,1-3H3,(H,16,17)/t10-,11-,12?,13?,14+,15-,16+,17-;10-,11-,12?,13+,14?/m11/s1. The monoisotopic (exact) mass is 548 g/mol. The summed E-state index contributed by atoms with van der Waals surface area (Å²) in [5.41, 5.74) is 0.990. The van der Waals surface area contributed by atoms with Crippen molar-refractivity contribution in [2.45, 2.75) is 124 Å². The summed E-state index contributed by atoms with van der Waals surface area (Å²) in [5, 5.41) is 9.24. The minimum Gasteiger partial charge on any atom is -0.481 e. The maximum atomic E-state index is 11.2. The van der Waals surface area contributed by atoms with Gasteiger partial charge in [-0.15, -0.1) is 0 Å². The molecular weight excluding hydrogens is 496 g/mol. The zero-order chi connectivity index (χ0) is 28.1. The van der Waals surface area contributed by atoms with Gasteiger partial charge in [-0.2, -0.15) is 0 Å². The Balaban J connectivity index is 0.000000164. The van der Waals surface area contributed by atoms with Gasteiger partial charge in [0.15, 0.2) is 18.2 Å². The Kier molecular flexibility index (Phi) is 8.59. The van der Waals surface area contributed by atoms with E-state index < -0.39 is 17.4 Å². The second kappa shape index (κ2) is 11.4. The second-order valence-electron chi connectivity index (χ2n) is 13.9. The third kappa shape index (κ3) is 5.24. The van der Waals surface area contributed by atoms with Gasteiger partial charge in [-0.3, -0.25) is 4.79 Å². The lowest BCUT2D eigenvalue weighted by Gasteiger charge is -2.60. The number of fused-ring (bicyclic) bond motifs is 3. The SMILES string of the molecule is CC1=CC2C(CC1)[C@H](C)CC[C@H]2[C@@H](C)C(=O)O.CCO[C@H]1O[C@@H]2O[C@]3(C)CCC4[C@H](C)CCC([C@H]1C)[C@]42OO3. The maximum Gasteiger partial charge on any atom is 0.306 e. The summed E-state index contributed by atoms with van der Waals surface area (Å²) in [4.78, 5) is 23.1. The molecule has 0 amide bonds. The molecule has 3 aliphatic carbocycles. The molecule has 1 N–H and O–H groups in total. The Morgan fingerprint density at radius 3 is 2.54 bits per heavy atom. The van der Waals surface area contributed by atoms with Crippen molar-refractivity contribution in [2.75, 3.05) is 6.61 Å². The van der Waals surface area contributed by atoms with Crippen LogP contribution < -0.4 is 0 Å². The van der Waals surface area contributed by atoms with E-state index in [2.05, 4.69) is 33.8 Å². The molecule has 4 heterocycles. The highest BCUT2D eigenvalue weighted by atomic mass is 17.3. The van der Waals surface area contributed by atoms with Crippen molar-refractivity contribution >= 4 is 5.97 Å². The van der Waals surface area contributed by atoms with Gasteiger partial charge < -0.3 is 19.3 Å². The highest BCUT2D eigenvalue weighted by Crippen LogP contribution is 2.60. The fourth-order valence-electron chi connectivity index (χ4n) is 9.08. The first-order chi connectivity index (χ1) is 18.5. The number of ether oxygens (including phenoxy) is 3. The number of carboxylic acids is 1. The van der Waals surface area contributed by atoms with Crippen molar-refractivity contribution in [3.8, 4) is 0 Å². The number of carbonyl (C=O) groups is 1. The van der Waals surface area contributed by atoms with Crippen LogP contribution in [0, 0.1) is 53.3 Å². The smallest absolute Gasteiger partial charge is 0.306 e. The molecule has 2 bridgehead atoms. The summed E-state index contributed by atoms with van der Waals surface area (Å²) < 4.78 is 18.3. The van der Waals surface area contributed by atoms with E-state index in [0.717, 1.165) is 37.5 Å². The van der Waals surface area contributed by atoms with Crippen LogP contribution in [-0.2, 0) is 28.8 Å². The van der Waals surface area contributed by atoms with Crippen LogP contribution in [0.4, 0.5) is 0 Å². The minimum absolute atomic E-state index is 0.197. The van der Waals surface area contributed by atoms with E-state index in [9.17, 15) is 9.90 Å². The fraction of sp³-hybridized carbons (Fsp3) is 0.906. The van der Waals surface area contributed by atoms with Crippen LogP contribution >= 0.6 is 0 Å². The molecule has 7 heteroatoms. The lowest BCUT2D eigenvalue weighted by atomic mass is 9.58. The van der Waals surface area contributed by atoms with Crippen molar-refractivity contribution < 1.29 is 33.9 Å². The molecule has 222 valence electrons. The summed E-state index contributed by atoms with van der Waals surface area (Å²) in [6.07, 6.45) is 10.8. The van der Waals surface area contributed by atoms with Crippen LogP contribution in [0.1, 0.15) is 99.8 Å². The van der Waals surface area contributed by atoms with Gasteiger partial charge in [0.1, 0.15) is 0 Å². The summed E-state index contributed by atoms with van der Waals surface area (Å²) in [7, 11) is 0. The molecule has 0 aromatic rings. The predicted octanol–water partition coefficient (Wildman–Crippen LogP) is 6.96. The van der Waals surface area contributed by atoms with Gasteiger partial charge in [-0.25, -0.2) is 9.78 Å². The molecule has 0 radical (unpaired) electrons. The lowest BCUT2D eigenvalue weighted by Crippen LogP contribution is -2.70. The first kappa shape index (κ1) is 29.5. The predicted molar refractivity (Wildman–Crippen MR) is 147 cm³/mol. The molecule has 0 aromatic heterocycles. The largest absolute Gasteiger partial charge is 0.481 e. The van der Waals surface area contributed by atoms with Crippen molar-refractivity contribution in [1.29, 1.82) is 0 Å². The van der Waals surface area contributed by atoms with Gasteiger partial charge in [0.2, 0.25) is 5.79 Å². The van der Waals surface area contributed by atoms with Crippen LogP contribution in [0.25, 0.3) is 0 Å². The Morgan fingerprint density at radius 2 is 1.82 bits per heavy atom. The average Bonchev–Trinajstić information content (AvgIpc) is 3.13. The van der Waals surface area contributed by atoms with Gasteiger partial charge in [0.25, 0.3) is 0 Å². The minimum atomic E-state index is -0.700. The zero-order valence-corrected chi connectivity index (χ0v) is 25.2. The van der Waals surface area contributed by atoms with Gasteiger partial charge in [0, 0.05) is 24.9 Å². The molecule has 4 aliphatic heterocycles. The van der Waals surface area contributed by atoms with E-state index in [0.29, 0.717) is 36.2 Å². The number of hydrogen-bond acceptors (Lipinski definition) is 6. The van der Waals surface area contributed by atoms with E-state index in [4.69, 9.17) is 24.0 Å². The Hall–Kier alpha value is -0.990. The topological polar surface area (TPSA) is 83.5 Å². The van der Waals surface area contributed by atoms with E-state index in [-0.39, 0.29) is 24.4 Å². The fourth-order valence-corrected chi connectivity index (χ4v) is 9.08. The van der Waals surface area contributed by atoms with Crippen molar-refractivity contribution in [2.24, 2.45) is 53.3 Å². The number of allylic oxidation sites excluding steroid dienone is 2. The van der Waals surface area contributed by atoms with Crippen LogP contribution in [0.15, 0.2) is 11.6 Å². The number of carboxylic acid groups (broad SMARTS) is 1. The number of hydrogen-bond donors (Lipinski definition) is 1. The summed E-state index contributed by atoms with van der Waals surface area (Å²) in [5.74, 6) is 2.49. The molecule has 4 saturated heterocycles. The molecule has 2 saturated carbocycles. The molecule has 7 rings (SSSR count). The van der Waals surface area contributed by atoms with Gasteiger partial charge in [-0.05, 0) is 94.8 Å². The first-order valence-electron chi connectivity index (χ1n) is 15.7. The Labute approximate surface area is 235 Å². The lowest BCUT2D eigenvalue weighted by molar-refractivity contribution is -0.577. The van der Waals surface area contributed by atoms with Gasteiger partial charge >= 0.3 is 5.97 Å². The average molecular weight is 549 g/mol. The van der Waals surface area contributed by atoms with E-state index in [1.54, 1.807) is 0 Å².